The summed E-state index contributed by atoms with van der Waals surface area (Å²) in [6, 6.07) is 10.4. The highest BCUT2D eigenvalue weighted by Crippen LogP contribution is 2.30. The van der Waals surface area contributed by atoms with Gasteiger partial charge in [0, 0.05) is 25.5 Å². The summed E-state index contributed by atoms with van der Waals surface area (Å²) in [5.41, 5.74) is 2.88. The Morgan fingerprint density at radius 3 is 2.45 bits per heavy atom. The Morgan fingerprint density at radius 1 is 1.10 bits per heavy atom. The minimum absolute atomic E-state index is 0.238. The number of nitrogens with zero attached hydrogens (tertiary/aromatic N) is 3. The lowest BCUT2D eigenvalue weighted by Crippen LogP contribution is -2.14. The van der Waals surface area contributed by atoms with Crippen LogP contribution in [0.3, 0.4) is 0 Å². The zero-order valence-electron chi connectivity index (χ0n) is 16.5. The van der Waals surface area contributed by atoms with Gasteiger partial charge in [-0.25, -0.2) is 4.68 Å². The maximum atomic E-state index is 13.0. The van der Waals surface area contributed by atoms with Crippen molar-refractivity contribution in [2.24, 2.45) is 0 Å². The average Bonchev–Trinajstić information content (AvgIpc) is 3.02. The van der Waals surface area contributed by atoms with E-state index in [1.807, 2.05) is 38.1 Å². The molecule has 0 aliphatic heterocycles. The Hall–Kier alpha value is -3.29. The van der Waals surface area contributed by atoms with E-state index >= 15 is 0 Å². The molecule has 5 nitrogen and oxygen atoms in total. The molecule has 1 heterocycles. The molecule has 1 aromatic heterocycles. The second kappa shape index (κ2) is 7.62. The minimum atomic E-state index is -4.45. The van der Waals surface area contributed by atoms with Gasteiger partial charge in [-0.15, -0.1) is 0 Å². The molecule has 8 heteroatoms. The summed E-state index contributed by atoms with van der Waals surface area (Å²) in [6.07, 6.45) is -3.10. The number of halogens is 3. The molecule has 0 saturated carbocycles. The third-order valence-corrected chi connectivity index (χ3v) is 4.61. The summed E-state index contributed by atoms with van der Waals surface area (Å²) in [4.78, 5) is 14.7. The lowest BCUT2D eigenvalue weighted by molar-refractivity contribution is -0.137. The van der Waals surface area contributed by atoms with Crippen molar-refractivity contribution in [2.45, 2.75) is 20.0 Å². The van der Waals surface area contributed by atoms with Gasteiger partial charge in [0.05, 0.1) is 28.7 Å². The molecular formula is C21H21F3N4O. The highest BCUT2D eigenvalue weighted by atomic mass is 19.4. The van der Waals surface area contributed by atoms with Crippen LogP contribution in [-0.2, 0) is 6.18 Å². The number of alkyl halides is 3. The van der Waals surface area contributed by atoms with E-state index in [0.717, 1.165) is 23.4 Å². The SMILES string of the molecule is Cc1cc(NC(=O)c2cnn(-c3cccc(C(F)(F)F)c3)c2C)ccc1N(C)C. The van der Waals surface area contributed by atoms with Crippen LogP contribution in [0.4, 0.5) is 24.5 Å². The number of carbonyl (C=O) groups is 1. The van der Waals surface area contributed by atoms with E-state index in [1.54, 1.807) is 13.0 Å². The predicted octanol–water partition coefficient (Wildman–Crippen LogP) is 4.83. The third-order valence-electron chi connectivity index (χ3n) is 4.61. The van der Waals surface area contributed by atoms with E-state index in [2.05, 4.69) is 10.4 Å². The van der Waals surface area contributed by atoms with Crippen LogP contribution >= 0.6 is 0 Å². The molecule has 2 aromatic carbocycles. The van der Waals surface area contributed by atoms with Crippen LogP contribution in [0.15, 0.2) is 48.7 Å². The first-order valence-electron chi connectivity index (χ1n) is 8.89. The minimum Gasteiger partial charge on any atom is -0.377 e. The molecule has 1 amide bonds. The van der Waals surface area contributed by atoms with Gasteiger partial charge in [-0.05, 0) is 55.8 Å². The molecule has 3 rings (SSSR count). The van der Waals surface area contributed by atoms with Crippen LogP contribution in [0.1, 0.15) is 27.2 Å². The van der Waals surface area contributed by atoms with Crippen LogP contribution in [0.5, 0.6) is 0 Å². The molecule has 29 heavy (non-hydrogen) atoms. The topological polar surface area (TPSA) is 50.2 Å². The van der Waals surface area contributed by atoms with Gasteiger partial charge < -0.3 is 10.2 Å². The van der Waals surface area contributed by atoms with Gasteiger partial charge in [0.2, 0.25) is 0 Å². The van der Waals surface area contributed by atoms with Gasteiger partial charge in [-0.3, -0.25) is 4.79 Å². The first-order chi connectivity index (χ1) is 13.6. The molecular weight excluding hydrogens is 381 g/mol. The van der Waals surface area contributed by atoms with Crippen molar-refractivity contribution in [2.75, 3.05) is 24.3 Å². The highest BCUT2D eigenvalue weighted by Gasteiger charge is 2.30. The first-order valence-corrected chi connectivity index (χ1v) is 8.89. The lowest BCUT2D eigenvalue weighted by atomic mass is 10.1. The average molecular weight is 402 g/mol. The Bertz CT molecular complexity index is 1050. The molecule has 0 aliphatic rings. The number of benzene rings is 2. The Balaban J connectivity index is 1.86. The summed E-state index contributed by atoms with van der Waals surface area (Å²) < 4.78 is 40.2. The van der Waals surface area contributed by atoms with Crippen LogP contribution in [0, 0.1) is 13.8 Å². The quantitative estimate of drug-likeness (QED) is 0.680. The number of hydrogen-bond acceptors (Lipinski definition) is 3. The third kappa shape index (κ3) is 4.26. The van der Waals surface area contributed by atoms with Crippen LogP contribution < -0.4 is 10.2 Å². The first kappa shape index (κ1) is 20.4. The number of nitrogens with one attached hydrogen (secondary N) is 1. The fourth-order valence-corrected chi connectivity index (χ4v) is 3.14. The van der Waals surface area contributed by atoms with E-state index in [1.165, 1.54) is 23.0 Å². The maximum absolute atomic E-state index is 13.0. The largest absolute Gasteiger partial charge is 0.416 e. The number of amides is 1. The number of carbonyl (C=O) groups excluding carboxylic acids is 1. The number of hydrogen-bond donors (Lipinski definition) is 1. The van der Waals surface area contributed by atoms with Crippen molar-refractivity contribution in [3.05, 3.63) is 71.0 Å². The summed E-state index contributed by atoms with van der Waals surface area (Å²) in [5, 5.41) is 6.92. The number of aryl methyl sites for hydroxylation is 1. The monoisotopic (exact) mass is 402 g/mol. The molecule has 0 spiro atoms. The predicted molar refractivity (Wildman–Crippen MR) is 107 cm³/mol. The summed E-state index contributed by atoms with van der Waals surface area (Å²) in [7, 11) is 3.87. The molecule has 0 unspecified atom stereocenters. The highest BCUT2D eigenvalue weighted by molar-refractivity contribution is 6.05. The molecule has 0 fully saturated rings. The zero-order chi connectivity index (χ0) is 21.3. The lowest BCUT2D eigenvalue weighted by Gasteiger charge is -2.16. The maximum Gasteiger partial charge on any atom is 0.416 e. The van der Waals surface area contributed by atoms with Crippen molar-refractivity contribution in [3.63, 3.8) is 0 Å². The number of anilines is 2. The molecule has 0 bridgehead atoms. The number of rotatable bonds is 4. The molecule has 0 radical (unpaired) electrons. The van der Waals surface area contributed by atoms with Gasteiger partial charge >= 0.3 is 6.18 Å². The van der Waals surface area contributed by atoms with Crippen molar-refractivity contribution in [1.29, 1.82) is 0 Å². The van der Waals surface area contributed by atoms with Gasteiger partial charge in [-0.1, -0.05) is 6.07 Å². The van der Waals surface area contributed by atoms with Crippen molar-refractivity contribution < 1.29 is 18.0 Å². The molecule has 3 aromatic rings. The van der Waals surface area contributed by atoms with Crippen molar-refractivity contribution >= 4 is 17.3 Å². The fourth-order valence-electron chi connectivity index (χ4n) is 3.14. The molecule has 0 saturated heterocycles. The zero-order valence-corrected chi connectivity index (χ0v) is 16.5. The molecule has 0 aliphatic carbocycles. The second-order valence-electron chi connectivity index (χ2n) is 6.95. The summed E-state index contributed by atoms with van der Waals surface area (Å²) in [6.45, 7) is 3.59. The van der Waals surface area contributed by atoms with E-state index in [0.29, 0.717) is 11.4 Å². The van der Waals surface area contributed by atoms with E-state index in [9.17, 15) is 18.0 Å². The van der Waals surface area contributed by atoms with Gasteiger partial charge in [0.15, 0.2) is 0 Å². The number of aromatic nitrogens is 2. The van der Waals surface area contributed by atoms with Crippen LogP contribution in [0.25, 0.3) is 5.69 Å². The smallest absolute Gasteiger partial charge is 0.377 e. The van der Waals surface area contributed by atoms with E-state index in [4.69, 9.17) is 0 Å². The van der Waals surface area contributed by atoms with E-state index < -0.39 is 11.7 Å². The van der Waals surface area contributed by atoms with Gasteiger partial charge in [-0.2, -0.15) is 18.3 Å². The Labute approximate surface area is 166 Å². The van der Waals surface area contributed by atoms with Crippen LogP contribution in [-0.4, -0.2) is 29.8 Å². The van der Waals surface area contributed by atoms with Gasteiger partial charge in [0.25, 0.3) is 5.91 Å². The van der Waals surface area contributed by atoms with E-state index in [-0.39, 0.29) is 17.2 Å². The standard InChI is InChI=1S/C21H21F3N4O/c1-13-10-16(8-9-19(13)27(3)4)26-20(29)18-12-25-28(14(18)2)17-7-5-6-15(11-17)21(22,23)24/h5-12H,1-4H3,(H,26,29). The molecule has 152 valence electrons. The Morgan fingerprint density at radius 2 is 1.83 bits per heavy atom. The normalized spacial score (nSPS) is 11.4. The summed E-state index contributed by atoms with van der Waals surface area (Å²) >= 11 is 0. The molecule has 0 atom stereocenters. The van der Waals surface area contributed by atoms with Crippen LogP contribution in [0.2, 0.25) is 0 Å². The fraction of sp³-hybridized carbons (Fsp3) is 0.238. The second-order valence-corrected chi connectivity index (χ2v) is 6.95. The van der Waals surface area contributed by atoms with Crippen molar-refractivity contribution in [1.82, 2.24) is 9.78 Å². The Kier molecular flexibility index (Phi) is 5.37. The summed E-state index contributed by atoms with van der Waals surface area (Å²) in [5.74, 6) is -0.377. The van der Waals surface area contributed by atoms with Crippen molar-refractivity contribution in [3.8, 4) is 5.69 Å². The molecule has 1 N–H and O–H groups in total. The van der Waals surface area contributed by atoms with Gasteiger partial charge in [0.1, 0.15) is 0 Å².